The maximum absolute atomic E-state index is 13.5. The van der Waals surface area contributed by atoms with Crippen molar-refractivity contribution in [3.63, 3.8) is 0 Å². The number of rotatable bonds is 12. The third kappa shape index (κ3) is 9.38. The second-order valence-electron chi connectivity index (χ2n) is 4.96. The Labute approximate surface area is 112 Å². The molecule has 0 aromatic carbocycles. The monoisotopic (exact) mass is 255 g/mol. The molecule has 0 N–H and O–H groups in total. The van der Waals surface area contributed by atoms with E-state index in [1.54, 1.807) is 6.29 Å². The summed E-state index contributed by atoms with van der Waals surface area (Å²) in [5.41, 5.74) is 0.275. The summed E-state index contributed by atoms with van der Waals surface area (Å²) in [7, 11) is 0. The fourth-order valence-electron chi connectivity index (χ4n) is 1.98. The predicted octanol–water partition coefficient (Wildman–Crippen LogP) is 5.65. The number of allylic oxidation sites excluding steroid dienone is 2. The van der Waals surface area contributed by atoms with Crippen molar-refractivity contribution in [2.75, 3.05) is 0 Å². The smallest absolute Gasteiger partial charge is 0.231 e. The molecule has 0 aliphatic rings. The summed E-state index contributed by atoms with van der Waals surface area (Å²) >= 11 is 0. The molecule has 105 valence electrons. The number of hydrogen-bond acceptors (Lipinski definition) is 1. The van der Waals surface area contributed by atoms with Crippen LogP contribution in [0.15, 0.2) is 11.4 Å². The number of carbonyl (C=O) groups excluding carboxylic acids is 1. The molecule has 0 aliphatic heterocycles. The van der Waals surface area contributed by atoms with E-state index in [2.05, 4.69) is 6.92 Å². The molecule has 0 saturated heterocycles. The van der Waals surface area contributed by atoms with Crippen LogP contribution in [-0.4, -0.2) is 6.29 Å². The fraction of sp³-hybridized carbons (Fsp3) is 0.812. The molecule has 0 heterocycles. The molecule has 0 atom stereocenters. The summed E-state index contributed by atoms with van der Waals surface area (Å²) in [6.45, 7) is 4.23. The van der Waals surface area contributed by atoms with Crippen molar-refractivity contribution in [2.45, 2.75) is 84.5 Å². The van der Waals surface area contributed by atoms with Gasteiger partial charge in [0, 0.05) is 5.57 Å². The van der Waals surface area contributed by atoms with Crippen LogP contribution in [0.4, 0.5) is 4.39 Å². The van der Waals surface area contributed by atoms with E-state index >= 15 is 0 Å². The highest BCUT2D eigenvalue weighted by molar-refractivity contribution is 5.74. The van der Waals surface area contributed by atoms with Crippen molar-refractivity contribution >= 4 is 6.29 Å². The summed E-state index contributed by atoms with van der Waals surface area (Å²) in [6, 6.07) is 0. The summed E-state index contributed by atoms with van der Waals surface area (Å²) in [5.74, 6) is -0.238. The van der Waals surface area contributed by atoms with Crippen LogP contribution in [0.2, 0.25) is 0 Å². The highest BCUT2D eigenvalue weighted by Crippen LogP contribution is 2.18. The van der Waals surface area contributed by atoms with Crippen molar-refractivity contribution in [3.8, 4) is 0 Å². The Bertz CT molecular complexity index is 233. The Hall–Kier alpha value is -0.660. The Kier molecular flexibility index (Phi) is 12.3. The van der Waals surface area contributed by atoms with Crippen LogP contribution in [0.3, 0.4) is 0 Å². The molecule has 0 bridgehead atoms. The van der Waals surface area contributed by atoms with E-state index in [1.165, 1.54) is 32.1 Å². The van der Waals surface area contributed by atoms with E-state index in [0.29, 0.717) is 12.8 Å². The Balaban J connectivity index is 3.70. The zero-order valence-corrected chi connectivity index (χ0v) is 12.1. The second kappa shape index (κ2) is 12.8. The SMILES string of the molecule is CCCCCCCCC/C([C]=O)=C(/F)CCCC. The largest absolute Gasteiger partial charge is 0.285 e. The molecule has 0 rings (SSSR count). The van der Waals surface area contributed by atoms with Crippen LogP contribution >= 0.6 is 0 Å². The van der Waals surface area contributed by atoms with Gasteiger partial charge >= 0.3 is 0 Å². The summed E-state index contributed by atoms with van der Waals surface area (Å²) in [4.78, 5) is 10.7. The summed E-state index contributed by atoms with van der Waals surface area (Å²) in [5, 5.41) is 0. The van der Waals surface area contributed by atoms with Crippen molar-refractivity contribution in [1.82, 2.24) is 0 Å². The molecule has 1 nitrogen and oxygen atoms in total. The molecular formula is C16H28FO. The molecule has 0 unspecified atom stereocenters. The zero-order valence-electron chi connectivity index (χ0n) is 12.1. The van der Waals surface area contributed by atoms with Gasteiger partial charge in [0.2, 0.25) is 6.29 Å². The molecule has 0 amide bonds. The highest BCUT2D eigenvalue weighted by Gasteiger charge is 2.06. The number of unbranched alkanes of at least 4 members (excludes halogenated alkanes) is 7. The molecular weight excluding hydrogens is 227 g/mol. The molecule has 0 aromatic rings. The molecule has 0 aromatic heterocycles. The minimum absolute atomic E-state index is 0.238. The Morgan fingerprint density at radius 1 is 0.833 bits per heavy atom. The second-order valence-corrected chi connectivity index (χ2v) is 4.96. The lowest BCUT2D eigenvalue weighted by molar-refractivity contribution is 0.531. The maximum Gasteiger partial charge on any atom is 0.231 e. The first-order chi connectivity index (χ1) is 8.76. The number of hydrogen-bond donors (Lipinski definition) is 0. The van der Waals surface area contributed by atoms with E-state index in [4.69, 9.17) is 0 Å². The van der Waals surface area contributed by atoms with Crippen LogP contribution in [0.5, 0.6) is 0 Å². The lowest BCUT2D eigenvalue weighted by Gasteiger charge is -2.03. The lowest BCUT2D eigenvalue weighted by Crippen LogP contribution is -1.91. The van der Waals surface area contributed by atoms with Gasteiger partial charge in [0.05, 0.1) is 0 Å². The van der Waals surface area contributed by atoms with Gasteiger partial charge in [0.1, 0.15) is 5.83 Å². The third-order valence-corrected chi connectivity index (χ3v) is 3.23. The Morgan fingerprint density at radius 3 is 1.94 bits per heavy atom. The van der Waals surface area contributed by atoms with Crippen molar-refractivity contribution < 1.29 is 9.18 Å². The normalized spacial score (nSPS) is 12.4. The van der Waals surface area contributed by atoms with Crippen LogP contribution in [0.25, 0.3) is 0 Å². The highest BCUT2D eigenvalue weighted by atomic mass is 19.1. The molecule has 0 saturated carbocycles. The first-order valence-corrected chi connectivity index (χ1v) is 7.51. The van der Waals surface area contributed by atoms with Crippen molar-refractivity contribution in [3.05, 3.63) is 11.4 Å². The Morgan fingerprint density at radius 2 is 1.39 bits per heavy atom. The van der Waals surface area contributed by atoms with E-state index < -0.39 is 0 Å². The van der Waals surface area contributed by atoms with Gasteiger partial charge in [-0.3, -0.25) is 4.79 Å². The van der Waals surface area contributed by atoms with E-state index in [9.17, 15) is 9.18 Å². The molecule has 0 aliphatic carbocycles. The quantitative estimate of drug-likeness (QED) is 0.325. The lowest BCUT2D eigenvalue weighted by atomic mass is 10.0. The average Bonchev–Trinajstić information content (AvgIpc) is 2.39. The number of halogens is 1. The van der Waals surface area contributed by atoms with Crippen LogP contribution in [0.1, 0.15) is 84.5 Å². The molecule has 0 fully saturated rings. The molecule has 1 radical (unpaired) electrons. The minimum Gasteiger partial charge on any atom is -0.285 e. The van der Waals surface area contributed by atoms with Gasteiger partial charge in [-0.1, -0.05) is 58.8 Å². The molecule has 18 heavy (non-hydrogen) atoms. The van der Waals surface area contributed by atoms with Gasteiger partial charge < -0.3 is 0 Å². The van der Waals surface area contributed by atoms with Gasteiger partial charge in [0.25, 0.3) is 0 Å². The first-order valence-electron chi connectivity index (χ1n) is 7.51. The van der Waals surface area contributed by atoms with Crippen molar-refractivity contribution in [2.24, 2.45) is 0 Å². The molecule has 0 spiro atoms. The van der Waals surface area contributed by atoms with E-state index in [-0.39, 0.29) is 11.4 Å². The van der Waals surface area contributed by atoms with Crippen LogP contribution in [0, 0.1) is 0 Å². The zero-order chi connectivity index (χ0) is 13.6. The van der Waals surface area contributed by atoms with Gasteiger partial charge in [-0.25, -0.2) is 4.39 Å². The van der Waals surface area contributed by atoms with Gasteiger partial charge in [-0.15, -0.1) is 0 Å². The first kappa shape index (κ1) is 17.3. The van der Waals surface area contributed by atoms with Crippen molar-refractivity contribution in [1.29, 1.82) is 0 Å². The van der Waals surface area contributed by atoms with Crippen LogP contribution in [-0.2, 0) is 4.79 Å². The van der Waals surface area contributed by atoms with Crippen LogP contribution < -0.4 is 0 Å². The predicted molar refractivity (Wildman–Crippen MR) is 76.0 cm³/mol. The minimum atomic E-state index is -0.238. The maximum atomic E-state index is 13.5. The van der Waals surface area contributed by atoms with E-state index in [0.717, 1.165) is 25.7 Å². The standard InChI is InChI=1S/C16H28FO/c1-3-5-7-8-9-10-11-12-15(14-18)16(17)13-6-4-2/h3-13H2,1-2H3/b16-15-. The van der Waals surface area contributed by atoms with Gasteiger partial charge in [0.15, 0.2) is 0 Å². The van der Waals surface area contributed by atoms with Gasteiger partial charge in [-0.2, -0.15) is 0 Å². The summed E-state index contributed by atoms with van der Waals surface area (Å²) < 4.78 is 13.5. The topological polar surface area (TPSA) is 17.1 Å². The third-order valence-electron chi connectivity index (χ3n) is 3.23. The van der Waals surface area contributed by atoms with Gasteiger partial charge in [-0.05, 0) is 25.7 Å². The molecule has 2 heteroatoms. The fourth-order valence-corrected chi connectivity index (χ4v) is 1.98. The summed E-state index contributed by atoms with van der Waals surface area (Å²) in [6.07, 6.45) is 12.8. The average molecular weight is 255 g/mol. The van der Waals surface area contributed by atoms with E-state index in [1.807, 2.05) is 6.92 Å².